The van der Waals surface area contributed by atoms with E-state index in [2.05, 4.69) is 84.9 Å². The van der Waals surface area contributed by atoms with Crippen LogP contribution < -0.4 is 0 Å². The number of hydrogen-bond acceptors (Lipinski definition) is 2. The van der Waals surface area contributed by atoms with Gasteiger partial charge in [0, 0.05) is 13.2 Å². The van der Waals surface area contributed by atoms with Crippen molar-refractivity contribution in [3.05, 3.63) is 118 Å². The molecule has 0 amide bonds. The van der Waals surface area contributed by atoms with Crippen LogP contribution in [0, 0.1) is 0 Å². The number of benzene rings is 4. The van der Waals surface area contributed by atoms with Crippen molar-refractivity contribution >= 4 is 0 Å². The van der Waals surface area contributed by atoms with E-state index >= 15 is 0 Å². The fraction of sp³-hybridized carbons (Fsp3) is 0.172. The molecule has 2 aliphatic rings. The molecule has 6 rings (SSSR count). The molecule has 0 atom stereocenters. The molecule has 0 saturated heterocycles. The van der Waals surface area contributed by atoms with Crippen LogP contribution in [0.25, 0.3) is 22.3 Å². The first-order valence-corrected chi connectivity index (χ1v) is 11.0. The Kier molecular flexibility index (Phi) is 4.14. The van der Waals surface area contributed by atoms with Crippen LogP contribution in [0.5, 0.6) is 0 Å². The zero-order valence-corrected chi connectivity index (χ0v) is 17.3. The molecule has 0 bridgehead atoms. The van der Waals surface area contributed by atoms with Crippen molar-refractivity contribution in [3.63, 3.8) is 0 Å². The van der Waals surface area contributed by atoms with Gasteiger partial charge in [-0.2, -0.15) is 0 Å². The van der Waals surface area contributed by atoms with E-state index < -0.39 is 0 Å². The van der Waals surface area contributed by atoms with Crippen molar-refractivity contribution in [2.45, 2.75) is 18.3 Å². The molecule has 0 aromatic heterocycles. The summed E-state index contributed by atoms with van der Waals surface area (Å²) in [6, 6.07) is 30.9. The summed E-state index contributed by atoms with van der Waals surface area (Å²) in [7, 11) is 0. The molecular formula is C29H24O2. The van der Waals surface area contributed by atoms with Gasteiger partial charge < -0.3 is 10.2 Å². The lowest BCUT2D eigenvalue weighted by molar-refractivity contribution is 0.299. The van der Waals surface area contributed by atoms with Gasteiger partial charge >= 0.3 is 0 Å². The first-order valence-electron chi connectivity index (χ1n) is 11.0. The van der Waals surface area contributed by atoms with Gasteiger partial charge in [0.2, 0.25) is 0 Å². The van der Waals surface area contributed by atoms with Crippen LogP contribution in [0.4, 0.5) is 0 Å². The van der Waals surface area contributed by atoms with Gasteiger partial charge in [-0.25, -0.2) is 0 Å². The molecule has 152 valence electrons. The number of hydrogen-bond donors (Lipinski definition) is 2. The van der Waals surface area contributed by atoms with Crippen molar-refractivity contribution in [1.29, 1.82) is 0 Å². The Hall–Kier alpha value is -3.20. The molecule has 2 aliphatic carbocycles. The van der Waals surface area contributed by atoms with Crippen LogP contribution in [0.3, 0.4) is 0 Å². The summed E-state index contributed by atoms with van der Waals surface area (Å²) in [6.07, 6.45) is 1.30. The summed E-state index contributed by atoms with van der Waals surface area (Å²) >= 11 is 0. The summed E-state index contributed by atoms with van der Waals surface area (Å²) in [5, 5.41) is 19.2. The molecule has 0 unspecified atom stereocenters. The highest BCUT2D eigenvalue weighted by Gasteiger charge is 2.51. The van der Waals surface area contributed by atoms with E-state index in [1.54, 1.807) is 0 Å². The number of rotatable bonds is 4. The maximum absolute atomic E-state index is 9.59. The van der Waals surface area contributed by atoms with Crippen LogP contribution in [0.2, 0.25) is 0 Å². The third-order valence-corrected chi connectivity index (χ3v) is 7.02. The highest BCUT2D eigenvalue weighted by Crippen LogP contribution is 2.62. The quantitative estimate of drug-likeness (QED) is 0.429. The van der Waals surface area contributed by atoms with Crippen LogP contribution in [0.1, 0.15) is 33.4 Å². The number of aliphatic hydroxyl groups is 2. The van der Waals surface area contributed by atoms with Gasteiger partial charge in [0.25, 0.3) is 0 Å². The van der Waals surface area contributed by atoms with Crippen LogP contribution >= 0.6 is 0 Å². The van der Waals surface area contributed by atoms with Gasteiger partial charge in [-0.15, -0.1) is 0 Å². The van der Waals surface area contributed by atoms with Gasteiger partial charge in [-0.3, -0.25) is 0 Å². The lowest BCUT2D eigenvalue weighted by atomic mass is 9.70. The average Bonchev–Trinajstić information content (AvgIpc) is 3.26. The standard InChI is InChI=1S/C29H24O2/c30-15-13-19-9-11-23-21-5-1-3-7-25(21)29(27(23)17-19)26-8-4-2-6-22(26)24-12-10-20(14-16-31)18-28(24)29/h1-12,17-18,30-31H,13-16H2. The molecule has 2 nitrogen and oxygen atoms in total. The maximum atomic E-state index is 9.59. The van der Waals surface area contributed by atoms with E-state index in [-0.39, 0.29) is 18.6 Å². The summed E-state index contributed by atoms with van der Waals surface area (Å²) in [5.74, 6) is 0. The minimum Gasteiger partial charge on any atom is -0.396 e. The van der Waals surface area contributed by atoms with Crippen molar-refractivity contribution in [2.24, 2.45) is 0 Å². The smallest absolute Gasteiger partial charge is 0.0725 e. The van der Waals surface area contributed by atoms with Gasteiger partial charge in [0.1, 0.15) is 0 Å². The Balaban J connectivity index is 1.76. The summed E-state index contributed by atoms with van der Waals surface area (Å²) in [4.78, 5) is 0. The third kappa shape index (κ3) is 2.40. The van der Waals surface area contributed by atoms with E-state index in [9.17, 15) is 10.2 Å². The Labute approximate surface area is 182 Å². The zero-order chi connectivity index (χ0) is 21.0. The van der Waals surface area contributed by atoms with Crippen molar-refractivity contribution in [1.82, 2.24) is 0 Å². The molecule has 0 saturated carbocycles. The topological polar surface area (TPSA) is 40.5 Å². The van der Waals surface area contributed by atoms with Crippen molar-refractivity contribution in [2.75, 3.05) is 13.2 Å². The minimum absolute atomic E-state index is 0.145. The van der Waals surface area contributed by atoms with Crippen molar-refractivity contribution < 1.29 is 10.2 Å². The fourth-order valence-electron chi connectivity index (χ4n) is 5.80. The summed E-state index contributed by atoms with van der Waals surface area (Å²) in [6.45, 7) is 0.291. The summed E-state index contributed by atoms with van der Waals surface area (Å²) in [5.41, 5.74) is 12.3. The van der Waals surface area contributed by atoms with E-state index in [4.69, 9.17) is 0 Å². The number of aliphatic hydroxyl groups excluding tert-OH is 2. The van der Waals surface area contributed by atoms with Gasteiger partial charge in [0.05, 0.1) is 5.41 Å². The molecule has 0 fully saturated rings. The molecule has 0 heterocycles. The average molecular weight is 405 g/mol. The predicted octanol–water partition coefficient (Wildman–Crippen LogP) is 5.10. The zero-order valence-electron chi connectivity index (χ0n) is 17.3. The van der Waals surface area contributed by atoms with Gasteiger partial charge in [0.15, 0.2) is 0 Å². The van der Waals surface area contributed by atoms with E-state index in [0.717, 1.165) is 11.1 Å². The number of fused-ring (bicyclic) bond motifs is 10. The monoisotopic (exact) mass is 404 g/mol. The lowest BCUT2D eigenvalue weighted by Crippen LogP contribution is -2.26. The second-order valence-corrected chi connectivity index (χ2v) is 8.55. The highest BCUT2D eigenvalue weighted by atomic mass is 16.3. The summed E-state index contributed by atoms with van der Waals surface area (Å²) < 4.78 is 0. The molecule has 31 heavy (non-hydrogen) atoms. The van der Waals surface area contributed by atoms with Gasteiger partial charge in [-0.1, -0.05) is 84.9 Å². The second kappa shape index (κ2) is 6.91. The lowest BCUT2D eigenvalue weighted by Gasteiger charge is -2.31. The third-order valence-electron chi connectivity index (χ3n) is 7.02. The fourth-order valence-corrected chi connectivity index (χ4v) is 5.80. The van der Waals surface area contributed by atoms with Gasteiger partial charge in [-0.05, 0) is 68.5 Å². The van der Waals surface area contributed by atoms with Crippen LogP contribution in [-0.4, -0.2) is 23.4 Å². The largest absolute Gasteiger partial charge is 0.396 e. The normalized spacial score (nSPS) is 14.3. The predicted molar refractivity (Wildman–Crippen MR) is 124 cm³/mol. The van der Waals surface area contributed by atoms with E-state index in [1.165, 1.54) is 44.5 Å². The van der Waals surface area contributed by atoms with E-state index in [0.29, 0.717) is 12.8 Å². The van der Waals surface area contributed by atoms with Crippen LogP contribution in [-0.2, 0) is 18.3 Å². The molecule has 4 aromatic carbocycles. The van der Waals surface area contributed by atoms with Crippen LogP contribution in [0.15, 0.2) is 84.9 Å². The Morgan fingerprint density at radius 1 is 0.484 bits per heavy atom. The Morgan fingerprint density at radius 3 is 1.35 bits per heavy atom. The molecule has 4 aromatic rings. The first kappa shape index (κ1) is 18.6. The molecular weight excluding hydrogens is 380 g/mol. The molecule has 2 heteroatoms. The Morgan fingerprint density at radius 2 is 0.903 bits per heavy atom. The Bertz CT molecular complexity index is 1220. The molecule has 2 N–H and O–H groups in total. The first-order chi connectivity index (χ1) is 15.3. The minimum atomic E-state index is -0.366. The SMILES string of the molecule is OCCc1ccc2c(c1)C1(c3ccccc3-2)c2ccccc2-c2ccc(CCO)cc21. The molecule has 0 aliphatic heterocycles. The second-order valence-electron chi connectivity index (χ2n) is 8.55. The highest BCUT2D eigenvalue weighted by molar-refractivity contribution is 5.95. The van der Waals surface area contributed by atoms with Crippen molar-refractivity contribution in [3.8, 4) is 22.3 Å². The van der Waals surface area contributed by atoms with E-state index in [1.807, 2.05) is 0 Å². The maximum Gasteiger partial charge on any atom is 0.0725 e. The molecule has 1 spiro atoms. The molecule has 0 radical (unpaired) electrons.